The number of pyridine rings is 1. The number of benzene rings is 1. The monoisotopic (exact) mass is 244 g/mol. The first kappa shape index (κ1) is 12.7. The van der Waals surface area contributed by atoms with Crippen LogP contribution in [0.1, 0.15) is 11.1 Å². The summed E-state index contributed by atoms with van der Waals surface area (Å²) >= 11 is 0. The molecule has 1 unspecified atom stereocenters. The van der Waals surface area contributed by atoms with Crippen LogP contribution in [0.15, 0.2) is 48.8 Å². The fraction of sp³-hybridized carbons (Fsp3) is 0.267. The molecular formula is C15H17FN2. The Morgan fingerprint density at radius 1 is 1.11 bits per heavy atom. The highest BCUT2D eigenvalue weighted by atomic mass is 19.1. The van der Waals surface area contributed by atoms with Gasteiger partial charge in [0.25, 0.3) is 0 Å². The van der Waals surface area contributed by atoms with Gasteiger partial charge in [-0.3, -0.25) is 4.98 Å². The molecular weight excluding hydrogens is 227 g/mol. The van der Waals surface area contributed by atoms with E-state index in [9.17, 15) is 4.39 Å². The molecule has 1 aromatic heterocycles. The van der Waals surface area contributed by atoms with Gasteiger partial charge in [0.1, 0.15) is 5.82 Å². The minimum atomic E-state index is -0.175. The van der Waals surface area contributed by atoms with Gasteiger partial charge in [0.2, 0.25) is 0 Å². The Balaban J connectivity index is 2.01. The van der Waals surface area contributed by atoms with E-state index in [0.29, 0.717) is 6.04 Å². The van der Waals surface area contributed by atoms with Gasteiger partial charge in [0.15, 0.2) is 0 Å². The van der Waals surface area contributed by atoms with Crippen LogP contribution < -0.4 is 5.32 Å². The van der Waals surface area contributed by atoms with Crippen molar-refractivity contribution in [2.45, 2.75) is 18.9 Å². The van der Waals surface area contributed by atoms with Crippen LogP contribution in [-0.4, -0.2) is 18.1 Å². The topological polar surface area (TPSA) is 24.9 Å². The fourth-order valence-corrected chi connectivity index (χ4v) is 2.03. The first-order chi connectivity index (χ1) is 8.78. The van der Waals surface area contributed by atoms with E-state index in [1.165, 1.54) is 11.6 Å². The van der Waals surface area contributed by atoms with Gasteiger partial charge in [0, 0.05) is 18.4 Å². The Kier molecular flexibility index (Phi) is 4.42. The molecule has 0 bridgehead atoms. The first-order valence-electron chi connectivity index (χ1n) is 6.08. The van der Waals surface area contributed by atoms with Crippen molar-refractivity contribution in [2.75, 3.05) is 7.05 Å². The number of halogens is 1. The lowest BCUT2D eigenvalue weighted by Gasteiger charge is -2.16. The van der Waals surface area contributed by atoms with Crippen LogP contribution in [0.2, 0.25) is 0 Å². The van der Waals surface area contributed by atoms with Gasteiger partial charge in [0.05, 0.1) is 0 Å². The predicted molar refractivity (Wildman–Crippen MR) is 70.9 cm³/mol. The maximum absolute atomic E-state index is 13.1. The predicted octanol–water partition coefficient (Wildman–Crippen LogP) is 2.59. The van der Waals surface area contributed by atoms with E-state index in [1.807, 2.05) is 25.2 Å². The second kappa shape index (κ2) is 6.26. The van der Waals surface area contributed by atoms with Crippen molar-refractivity contribution in [3.05, 3.63) is 65.7 Å². The molecule has 1 atom stereocenters. The van der Waals surface area contributed by atoms with E-state index in [0.717, 1.165) is 18.4 Å². The van der Waals surface area contributed by atoms with Gasteiger partial charge < -0.3 is 5.32 Å². The molecule has 18 heavy (non-hydrogen) atoms. The molecule has 94 valence electrons. The fourth-order valence-electron chi connectivity index (χ4n) is 2.03. The van der Waals surface area contributed by atoms with Crippen molar-refractivity contribution >= 4 is 0 Å². The van der Waals surface area contributed by atoms with Gasteiger partial charge in [-0.2, -0.15) is 0 Å². The van der Waals surface area contributed by atoms with Gasteiger partial charge in [-0.25, -0.2) is 4.39 Å². The molecule has 2 aromatic rings. The Morgan fingerprint density at radius 3 is 2.50 bits per heavy atom. The Labute approximate surface area is 107 Å². The van der Waals surface area contributed by atoms with Crippen LogP contribution in [0, 0.1) is 5.82 Å². The van der Waals surface area contributed by atoms with Crippen molar-refractivity contribution in [3.8, 4) is 0 Å². The van der Waals surface area contributed by atoms with Crippen LogP contribution in [0.4, 0.5) is 4.39 Å². The summed E-state index contributed by atoms with van der Waals surface area (Å²) < 4.78 is 13.1. The third-order valence-corrected chi connectivity index (χ3v) is 3.01. The smallest absolute Gasteiger partial charge is 0.123 e. The Morgan fingerprint density at radius 2 is 1.83 bits per heavy atom. The minimum absolute atomic E-state index is 0.175. The highest BCUT2D eigenvalue weighted by molar-refractivity contribution is 5.19. The Hall–Kier alpha value is -1.74. The minimum Gasteiger partial charge on any atom is -0.316 e. The molecule has 0 saturated heterocycles. The molecule has 0 aliphatic carbocycles. The quantitative estimate of drug-likeness (QED) is 0.874. The molecule has 0 aliphatic rings. The summed E-state index contributed by atoms with van der Waals surface area (Å²) in [6.45, 7) is 0. The molecule has 0 spiro atoms. The SMILES string of the molecule is CNC(Cc1ccncc1)Cc1cccc(F)c1. The molecule has 0 fully saturated rings. The molecule has 0 amide bonds. The molecule has 2 rings (SSSR count). The van der Waals surface area contributed by atoms with Crippen LogP contribution >= 0.6 is 0 Å². The summed E-state index contributed by atoms with van der Waals surface area (Å²) in [5.41, 5.74) is 2.25. The van der Waals surface area contributed by atoms with Crippen molar-refractivity contribution in [1.82, 2.24) is 10.3 Å². The van der Waals surface area contributed by atoms with Crippen LogP contribution in [0.3, 0.4) is 0 Å². The van der Waals surface area contributed by atoms with Crippen LogP contribution in [0.25, 0.3) is 0 Å². The van der Waals surface area contributed by atoms with E-state index < -0.39 is 0 Å². The summed E-state index contributed by atoms with van der Waals surface area (Å²) in [4.78, 5) is 4.00. The van der Waals surface area contributed by atoms with Crippen LogP contribution in [0.5, 0.6) is 0 Å². The van der Waals surface area contributed by atoms with Gasteiger partial charge >= 0.3 is 0 Å². The van der Waals surface area contributed by atoms with E-state index >= 15 is 0 Å². The lowest BCUT2D eigenvalue weighted by atomic mass is 10.00. The van der Waals surface area contributed by atoms with E-state index in [-0.39, 0.29) is 5.82 Å². The van der Waals surface area contributed by atoms with E-state index in [1.54, 1.807) is 24.5 Å². The summed E-state index contributed by atoms with van der Waals surface area (Å²) in [5, 5.41) is 3.28. The molecule has 2 nitrogen and oxygen atoms in total. The highest BCUT2D eigenvalue weighted by Gasteiger charge is 2.08. The number of hydrogen-bond donors (Lipinski definition) is 1. The standard InChI is InChI=1S/C15H17FN2/c1-17-15(10-12-5-7-18-8-6-12)11-13-3-2-4-14(16)9-13/h2-9,15,17H,10-11H2,1H3. The van der Waals surface area contributed by atoms with Gasteiger partial charge in [-0.05, 0) is 55.3 Å². The van der Waals surface area contributed by atoms with Crippen molar-refractivity contribution < 1.29 is 4.39 Å². The molecule has 3 heteroatoms. The Bertz CT molecular complexity index is 485. The molecule has 0 aliphatic heterocycles. The molecule has 0 radical (unpaired) electrons. The lowest BCUT2D eigenvalue weighted by Crippen LogP contribution is -2.29. The summed E-state index contributed by atoms with van der Waals surface area (Å²) in [7, 11) is 1.94. The summed E-state index contributed by atoms with van der Waals surface area (Å²) in [6, 6.07) is 11.1. The average Bonchev–Trinajstić information content (AvgIpc) is 2.39. The molecule has 1 N–H and O–H groups in total. The second-order valence-electron chi connectivity index (χ2n) is 4.38. The largest absolute Gasteiger partial charge is 0.316 e. The zero-order valence-electron chi connectivity index (χ0n) is 10.4. The summed E-state index contributed by atoms with van der Waals surface area (Å²) in [5.74, 6) is -0.175. The molecule has 1 aromatic carbocycles. The van der Waals surface area contributed by atoms with Crippen LogP contribution in [-0.2, 0) is 12.8 Å². The van der Waals surface area contributed by atoms with Gasteiger partial charge in [-0.15, -0.1) is 0 Å². The number of likely N-dealkylation sites (N-methyl/N-ethyl adjacent to an activating group) is 1. The third kappa shape index (κ3) is 3.64. The normalized spacial score (nSPS) is 12.3. The number of rotatable bonds is 5. The third-order valence-electron chi connectivity index (χ3n) is 3.01. The molecule has 0 saturated carbocycles. The first-order valence-corrected chi connectivity index (χ1v) is 6.08. The maximum Gasteiger partial charge on any atom is 0.123 e. The summed E-state index contributed by atoms with van der Waals surface area (Å²) in [6.07, 6.45) is 5.32. The number of nitrogens with zero attached hydrogens (tertiary/aromatic N) is 1. The molecule has 1 heterocycles. The number of hydrogen-bond acceptors (Lipinski definition) is 2. The number of nitrogens with one attached hydrogen (secondary N) is 1. The van der Waals surface area contributed by atoms with E-state index in [4.69, 9.17) is 0 Å². The van der Waals surface area contributed by atoms with E-state index in [2.05, 4.69) is 10.3 Å². The lowest BCUT2D eigenvalue weighted by molar-refractivity contribution is 0.552. The van der Waals surface area contributed by atoms with Crippen molar-refractivity contribution in [2.24, 2.45) is 0 Å². The van der Waals surface area contributed by atoms with Crippen molar-refractivity contribution in [1.29, 1.82) is 0 Å². The van der Waals surface area contributed by atoms with Crippen molar-refractivity contribution in [3.63, 3.8) is 0 Å². The van der Waals surface area contributed by atoms with Gasteiger partial charge in [-0.1, -0.05) is 12.1 Å². The zero-order chi connectivity index (χ0) is 12.8. The zero-order valence-corrected chi connectivity index (χ0v) is 10.4. The maximum atomic E-state index is 13.1. The second-order valence-corrected chi connectivity index (χ2v) is 4.38. The average molecular weight is 244 g/mol. The highest BCUT2D eigenvalue weighted by Crippen LogP contribution is 2.10. The number of aromatic nitrogens is 1.